The van der Waals surface area contributed by atoms with E-state index in [0.717, 1.165) is 23.7 Å². The molecular formula is C15H24ClN. The molecule has 1 aromatic carbocycles. The van der Waals surface area contributed by atoms with Crippen LogP contribution in [0.25, 0.3) is 0 Å². The zero-order valence-electron chi connectivity index (χ0n) is 11.4. The molecule has 2 unspecified atom stereocenters. The lowest BCUT2D eigenvalue weighted by Gasteiger charge is -2.21. The van der Waals surface area contributed by atoms with Crippen molar-refractivity contribution in [3.8, 4) is 0 Å². The maximum absolute atomic E-state index is 6.17. The summed E-state index contributed by atoms with van der Waals surface area (Å²) in [5.74, 6) is 1.16. The highest BCUT2D eigenvalue weighted by atomic mass is 35.5. The second-order valence-corrected chi connectivity index (χ2v) is 5.39. The number of benzene rings is 1. The monoisotopic (exact) mass is 253 g/mol. The minimum Gasteiger partial charge on any atom is -0.316 e. The topological polar surface area (TPSA) is 12.0 Å². The van der Waals surface area contributed by atoms with Gasteiger partial charge in [-0.05, 0) is 55.5 Å². The van der Waals surface area contributed by atoms with E-state index in [2.05, 4.69) is 44.3 Å². The molecule has 2 heteroatoms. The quantitative estimate of drug-likeness (QED) is 0.742. The molecule has 17 heavy (non-hydrogen) atoms. The van der Waals surface area contributed by atoms with Crippen LogP contribution in [0.2, 0.25) is 5.02 Å². The molecule has 0 heterocycles. The molecular weight excluding hydrogens is 230 g/mol. The number of rotatable bonds is 6. The fourth-order valence-corrected chi connectivity index (χ4v) is 2.09. The van der Waals surface area contributed by atoms with Crippen molar-refractivity contribution in [2.75, 3.05) is 13.1 Å². The first-order valence-electron chi connectivity index (χ1n) is 6.53. The number of hydrogen-bond donors (Lipinski definition) is 1. The lowest BCUT2D eigenvalue weighted by atomic mass is 9.88. The van der Waals surface area contributed by atoms with Gasteiger partial charge >= 0.3 is 0 Å². The van der Waals surface area contributed by atoms with Crippen molar-refractivity contribution < 1.29 is 0 Å². The molecule has 96 valence electrons. The standard InChI is InChI=1S/C15H24ClN/c1-5-8-17-10-12(3)13(4)14-7-6-11(2)15(16)9-14/h6-7,9,12-13,17H,5,8,10H2,1-4H3. The van der Waals surface area contributed by atoms with Crippen LogP contribution in [0.1, 0.15) is 44.2 Å². The molecule has 2 atom stereocenters. The van der Waals surface area contributed by atoms with Crippen LogP contribution in [0.5, 0.6) is 0 Å². The second-order valence-electron chi connectivity index (χ2n) is 4.98. The molecule has 0 spiro atoms. The van der Waals surface area contributed by atoms with Crippen molar-refractivity contribution in [3.63, 3.8) is 0 Å². The van der Waals surface area contributed by atoms with Crippen LogP contribution in [0.4, 0.5) is 0 Å². The summed E-state index contributed by atoms with van der Waals surface area (Å²) in [6.45, 7) is 11.0. The maximum atomic E-state index is 6.17. The first-order chi connectivity index (χ1) is 8.06. The molecule has 1 N–H and O–H groups in total. The van der Waals surface area contributed by atoms with Gasteiger partial charge in [-0.3, -0.25) is 0 Å². The third-order valence-electron chi connectivity index (χ3n) is 3.47. The van der Waals surface area contributed by atoms with Gasteiger partial charge in [0.1, 0.15) is 0 Å². The zero-order chi connectivity index (χ0) is 12.8. The Bertz CT molecular complexity index is 349. The fraction of sp³-hybridized carbons (Fsp3) is 0.600. The van der Waals surface area contributed by atoms with E-state index in [1.165, 1.54) is 12.0 Å². The summed E-state index contributed by atoms with van der Waals surface area (Å²) in [6.07, 6.45) is 1.19. The van der Waals surface area contributed by atoms with Crippen molar-refractivity contribution in [3.05, 3.63) is 34.3 Å². The minimum atomic E-state index is 0.539. The molecule has 1 aromatic rings. The molecule has 1 rings (SSSR count). The highest BCUT2D eigenvalue weighted by molar-refractivity contribution is 6.31. The van der Waals surface area contributed by atoms with E-state index in [1.807, 2.05) is 6.92 Å². The number of nitrogens with one attached hydrogen (secondary N) is 1. The number of aryl methyl sites for hydroxylation is 1. The molecule has 0 fully saturated rings. The van der Waals surface area contributed by atoms with Crippen LogP contribution in [-0.4, -0.2) is 13.1 Å². The van der Waals surface area contributed by atoms with Crippen LogP contribution in [0.3, 0.4) is 0 Å². The van der Waals surface area contributed by atoms with E-state index in [0.29, 0.717) is 11.8 Å². The van der Waals surface area contributed by atoms with Gasteiger partial charge in [-0.25, -0.2) is 0 Å². The highest BCUT2D eigenvalue weighted by Gasteiger charge is 2.14. The average molecular weight is 254 g/mol. The van der Waals surface area contributed by atoms with Gasteiger partial charge in [0.2, 0.25) is 0 Å². The van der Waals surface area contributed by atoms with Crippen molar-refractivity contribution in [2.45, 2.75) is 40.0 Å². The van der Waals surface area contributed by atoms with E-state index < -0.39 is 0 Å². The summed E-state index contributed by atoms with van der Waals surface area (Å²) >= 11 is 6.17. The van der Waals surface area contributed by atoms with E-state index in [1.54, 1.807) is 0 Å². The van der Waals surface area contributed by atoms with Crippen LogP contribution in [0, 0.1) is 12.8 Å². The number of halogens is 1. The van der Waals surface area contributed by atoms with Crippen LogP contribution < -0.4 is 5.32 Å². The lowest BCUT2D eigenvalue weighted by Crippen LogP contribution is -2.25. The lowest BCUT2D eigenvalue weighted by molar-refractivity contribution is 0.448. The summed E-state index contributed by atoms with van der Waals surface area (Å²) in [7, 11) is 0. The maximum Gasteiger partial charge on any atom is 0.0438 e. The third-order valence-corrected chi connectivity index (χ3v) is 3.88. The average Bonchev–Trinajstić information content (AvgIpc) is 2.32. The van der Waals surface area contributed by atoms with E-state index in [4.69, 9.17) is 11.6 Å². The predicted octanol–water partition coefficient (Wildman–Crippen LogP) is 4.39. The Labute approximate surface area is 111 Å². The van der Waals surface area contributed by atoms with E-state index in [-0.39, 0.29) is 0 Å². The molecule has 0 aliphatic heterocycles. The molecule has 0 radical (unpaired) electrons. The molecule has 0 aliphatic rings. The second kappa shape index (κ2) is 7.03. The SMILES string of the molecule is CCCNCC(C)C(C)c1ccc(C)c(Cl)c1. The Balaban J connectivity index is 2.61. The molecule has 1 nitrogen and oxygen atoms in total. The van der Waals surface area contributed by atoms with Crippen molar-refractivity contribution >= 4 is 11.6 Å². The van der Waals surface area contributed by atoms with Gasteiger partial charge in [0.05, 0.1) is 0 Å². The highest BCUT2D eigenvalue weighted by Crippen LogP contribution is 2.27. The Hall–Kier alpha value is -0.530. The van der Waals surface area contributed by atoms with Gasteiger partial charge in [-0.1, -0.05) is 44.5 Å². The molecule has 0 bridgehead atoms. The smallest absolute Gasteiger partial charge is 0.0438 e. The Morgan fingerprint density at radius 3 is 2.59 bits per heavy atom. The van der Waals surface area contributed by atoms with Gasteiger partial charge in [-0.2, -0.15) is 0 Å². The summed E-state index contributed by atoms with van der Waals surface area (Å²) in [5.41, 5.74) is 2.49. The summed E-state index contributed by atoms with van der Waals surface area (Å²) in [6, 6.07) is 6.42. The van der Waals surface area contributed by atoms with Gasteiger partial charge in [-0.15, -0.1) is 0 Å². The summed E-state index contributed by atoms with van der Waals surface area (Å²) in [5, 5.41) is 4.36. The normalized spacial score (nSPS) is 14.6. The predicted molar refractivity (Wildman–Crippen MR) is 76.9 cm³/mol. The van der Waals surface area contributed by atoms with Crippen molar-refractivity contribution in [2.24, 2.45) is 5.92 Å². The van der Waals surface area contributed by atoms with Crippen molar-refractivity contribution in [1.29, 1.82) is 0 Å². The van der Waals surface area contributed by atoms with Gasteiger partial charge in [0.15, 0.2) is 0 Å². The first-order valence-corrected chi connectivity index (χ1v) is 6.90. The third kappa shape index (κ3) is 4.33. The van der Waals surface area contributed by atoms with E-state index >= 15 is 0 Å². The molecule has 0 aliphatic carbocycles. The molecule has 0 saturated heterocycles. The van der Waals surface area contributed by atoms with Crippen molar-refractivity contribution in [1.82, 2.24) is 5.32 Å². The van der Waals surface area contributed by atoms with Crippen LogP contribution in [-0.2, 0) is 0 Å². The molecule has 0 amide bonds. The largest absolute Gasteiger partial charge is 0.316 e. The first kappa shape index (κ1) is 14.5. The Morgan fingerprint density at radius 1 is 1.29 bits per heavy atom. The van der Waals surface area contributed by atoms with Crippen LogP contribution in [0.15, 0.2) is 18.2 Å². The van der Waals surface area contributed by atoms with Gasteiger partial charge in [0, 0.05) is 5.02 Å². The number of hydrogen-bond acceptors (Lipinski definition) is 1. The molecule has 0 saturated carbocycles. The Morgan fingerprint density at radius 2 is 2.00 bits per heavy atom. The van der Waals surface area contributed by atoms with E-state index in [9.17, 15) is 0 Å². The summed E-state index contributed by atoms with van der Waals surface area (Å²) < 4.78 is 0. The zero-order valence-corrected chi connectivity index (χ0v) is 12.1. The fourth-order valence-electron chi connectivity index (χ4n) is 1.90. The van der Waals surface area contributed by atoms with Crippen LogP contribution >= 0.6 is 11.6 Å². The molecule has 0 aromatic heterocycles. The van der Waals surface area contributed by atoms with Gasteiger partial charge in [0.25, 0.3) is 0 Å². The summed E-state index contributed by atoms with van der Waals surface area (Å²) in [4.78, 5) is 0. The van der Waals surface area contributed by atoms with Gasteiger partial charge < -0.3 is 5.32 Å². The minimum absolute atomic E-state index is 0.539. The Kier molecular flexibility index (Phi) is 6.01.